The first-order valence-corrected chi connectivity index (χ1v) is 14.8. The molecule has 3 atom stereocenters. The van der Waals surface area contributed by atoms with Crippen molar-refractivity contribution in [3.63, 3.8) is 0 Å². The van der Waals surface area contributed by atoms with Gasteiger partial charge in [-0.15, -0.1) is 11.3 Å². The molecule has 7 nitrogen and oxygen atoms in total. The van der Waals surface area contributed by atoms with Crippen molar-refractivity contribution in [3.8, 4) is 10.6 Å². The van der Waals surface area contributed by atoms with Crippen molar-refractivity contribution in [2.75, 3.05) is 0 Å². The monoisotopic (exact) mass is 568 g/mol. The molecule has 5 rings (SSSR count). The molecule has 1 fully saturated rings. The summed E-state index contributed by atoms with van der Waals surface area (Å²) < 4.78 is 0. The van der Waals surface area contributed by atoms with Crippen LogP contribution in [0.15, 0.2) is 78.6 Å². The zero-order chi connectivity index (χ0) is 29.4. The lowest BCUT2D eigenvalue weighted by Gasteiger charge is -2.39. The van der Waals surface area contributed by atoms with Crippen molar-refractivity contribution in [3.05, 3.63) is 101 Å². The molecule has 212 valence electrons. The van der Waals surface area contributed by atoms with Crippen molar-refractivity contribution in [2.24, 2.45) is 5.92 Å². The Morgan fingerprint density at radius 2 is 1.76 bits per heavy atom. The quantitative estimate of drug-likeness (QED) is 0.255. The average molecular weight is 569 g/mol. The fourth-order valence-corrected chi connectivity index (χ4v) is 6.82. The number of thiazole rings is 1. The van der Waals surface area contributed by atoms with E-state index in [1.807, 2.05) is 73.8 Å². The molecule has 0 spiro atoms. The van der Waals surface area contributed by atoms with Gasteiger partial charge in [-0.1, -0.05) is 77.1 Å². The van der Waals surface area contributed by atoms with E-state index in [-0.39, 0.29) is 23.7 Å². The van der Waals surface area contributed by atoms with E-state index in [1.165, 1.54) is 11.3 Å². The number of amides is 1. The first-order valence-electron chi connectivity index (χ1n) is 14.0. The maximum absolute atomic E-state index is 14.5. The number of hydrogen-bond donors (Lipinski definition) is 1. The smallest absolute Gasteiger partial charge is 0.329 e. The number of carboxylic acid groups (broad SMARTS) is 1. The number of rotatable bonds is 7. The number of carbonyl (C=O) groups excluding carboxylic acids is 1. The van der Waals surface area contributed by atoms with Crippen LogP contribution in [0.1, 0.15) is 86.7 Å². The van der Waals surface area contributed by atoms with Gasteiger partial charge >= 0.3 is 5.97 Å². The van der Waals surface area contributed by atoms with Crippen molar-refractivity contribution >= 4 is 23.2 Å². The van der Waals surface area contributed by atoms with Crippen LogP contribution in [0.4, 0.5) is 0 Å². The molecule has 2 aromatic carbocycles. The van der Waals surface area contributed by atoms with E-state index < -0.39 is 23.5 Å². The van der Waals surface area contributed by atoms with Gasteiger partial charge in [0, 0.05) is 41.0 Å². The summed E-state index contributed by atoms with van der Waals surface area (Å²) in [6, 6.07) is 16.8. The first kappa shape index (κ1) is 28.6. The summed E-state index contributed by atoms with van der Waals surface area (Å²) in [5, 5.41) is 13.7. The second-order valence-corrected chi connectivity index (χ2v) is 13.1. The van der Waals surface area contributed by atoms with Gasteiger partial charge < -0.3 is 10.0 Å². The number of benzene rings is 2. The minimum absolute atomic E-state index is 0.0289. The molecule has 0 radical (unpaired) electrons. The second-order valence-electron chi connectivity index (χ2n) is 12.3. The van der Waals surface area contributed by atoms with Gasteiger partial charge in [-0.25, -0.2) is 9.78 Å². The zero-order valence-corrected chi connectivity index (χ0v) is 24.9. The number of aromatic nitrogens is 3. The summed E-state index contributed by atoms with van der Waals surface area (Å²) in [6.07, 6.45) is 5.41. The normalized spacial score (nSPS) is 20.9. The molecule has 4 aromatic rings. The van der Waals surface area contributed by atoms with E-state index in [9.17, 15) is 14.7 Å². The Morgan fingerprint density at radius 3 is 2.34 bits per heavy atom. The second kappa shape index (κ2) is 11.2. The number of carbonyl (C=O) groups is 2. The van der Waals surface area contributed by atoms with Gasteiger partial charge in [-0.2, -0.15) is 0 Å². The van der Waals surface area contributed by atoms with Gasteiger partial charge in [0.25, 0.3) is 5.91 Å². The van der Waals surface area contributed by atoms with Gasteiger partial charge in [0.2, 0.25) is 0 Å². The lowest BCUT2D eigenvalue weighted by Crippen LogP contribution is -2.54. The Morgan fingerprint density at radius 1 is 1.05 bits per heavy atom. The standard InChI is InChI=1S/C33H36N4O3S/c1-21(2)17-33(31(39)40)18-25(26-19-34-15-16-35-26)28(27-20-41-29(36-27)22-9-7-6-8-10-22)37(33)30(38)23-11-13-24(14-12-23)32(3,4)5/h6-16,19-21,25,28H,17-18H2,1-5H3,(H,39,40)/t25-,28-,33+/m1/s1. The largest absolute Gasteiger partial charge is 0.479 e. The molecule has 1 aliphatic heterocycles. The van der Waals surface area contributed by atoms with Gasteiger partial charge in [-0.05, 0) is 41.9 Å². The summed E-state index contributed by atoms with van der Waals surface area (Å²) in [5.74, 6) is -1.71. The van der Waals surface area contributed by atoms with Crippen LogP contribution in [0.5, 0.6) is 0 Å². The van der Waals surface area contributed by atoms with Crippen LogP contribution >= 0.6 is 11.3 Å². The highest BCUT2D eigenvalue weighted by Crippen LogP contribution is 2.54. The molecule has 1 amide bonds. The molecule has 0 unspecified atom stereocenters. The Hall–Kier alpha value is -3.91. The molecule has 0 bridgehead atoms. The fraction of sp³-hybridized carbons (Fsp3) is 0.364. The summed E-state index contributed by atoms with van der Waals surface area (Å²) in [5.41, 5.74) is 2.32. The third-order valence-electron chi connectivity index (χ3n) is 7.85. The maximum Gasteiger partial charge on any atom is 0.329 e. The Bertz CT molecular complexity index is 1510. The topological polar surface area (TPSA) is 96.3 Å². The van der Waals surface area contributed by atoms with Crippen LogP contribution in [0, 0.1) is 5.92 Å². The van der Waals surface area contributed by atoms with Gasteiger partial charge in [0.15, 0.2) is 0 Å². The molecular weight excluding hydrogens is 532 g/mol. The number of nitrogens with zero attached hydrogens (tertiary/aromatic N) is 4. The van der Waals surface area contributed by atoms with Crippen molar-refractivity contribution < 1.29 is 14.7 Å². The predicted octanol–water partition coefficient (Wildman–Crippen LogP) is 7.14. The zero-order valence-electron chi connectivity index (χ0n) is 24.1. The molecule has 0 saturated carbocycles. The number of carboxylic acids is 1. The van der Waals surface area contributed by atoms with E-state index in [4.69, 9.17) is 4.98 Å². The minimum Gasteiger partial charge on any atom is -0.479 e. The maximum atomic E-state index is 14.5. The number of likely N-dealkylation sites (tertiary alicyclic amines) is 1. The summed E-state index contributed by atoms with van der Waals surface area (Å²) in [6.45, 7) is 10.3. The number of aliphatic carboxylic acids is 1. The SMILES string of the molecule is CC(C)C[C@@]1(C(=O)O)C[C@H](c2cnccn2)[C@H](c2csc(-c3ccccc3)n2)N1C(=O)c1ccc(C(C)(C)C)cc1. The lowest BCUT2D eigenvalue weighted by molar-refractivity contribution is -0.150. The third kappa shape index (κ3) is 5.53. The van der Waals surface area contributed by atoms with E-state index >= 15 is 0 Å². The Balaban J connectivity index is 1.69. The van der Waals surface area contributed by atoms with Crippen LogP contribution in [0.2, 0.25) is 0 Å². The van der Waals surface area contributed by atoms with E-state index in [1.54, 1.807) is 23.5 Å². The third-order valence-corrected chi connectivity index (χ3v) is 8.76. The molecular formula is C33H36N4O3S. The highest BCUT2D eigenvalue weighted by molar-refractivity contribution is 7.13. The fourth-order valence-electron chi connectivity index (χ4n) is 5.97. The summed E-state index contributed by atoms with van der Waals surface area (Å²) in [4.78, 5) is 43.4. The molecule has 1 aliphatic rings. The van der Waals surface area contributed by atoms with E-state index in [0.29, 0.717) is 23.4 Å². The van der Waals surface area contributed by atoms with Crippen LogP contribution < -0.4 is 0 Å². The molecule has 41 heavy (non-hydrogen) atoms. The van der Waals surface area contributed by atoms with Crippen LogP contribution in [0.3, 0.4) is 0 Å². The molecule has 1 saturated heterocycles. The minimum atomic E-state index is -1.45. The highest BCUT2D eigenvalue weighted by atomic mass is 32.1. The summed E-state index contributed by atoms with van der Waals surface area (Å²) in [7, 11) is 0. The predicted molar refractivity (Wildman–Crippen MR) is 161 cm³/mol. The van der Waals surface area contributed by atoms with Crippen LogP contribution in [-0.4, -0.2) is 42.4 Å². The van der Waals surface area contributed by atoms with Crippen molar-refractivity contribution in [1.29, 1.82) is 0 Å². The Kier molecular flexibility index (Phi) is 7.79. The van der Waals surface area contributed by atoms with Crippen molar-refractivity contribution in [1.82, 2.24) is 19.9 Å². The molecule has 1 N–H and O–H groups in total. The molecule has 3 heterocycles. The summed E-state index contributed by atoms with van der Waals surface area (Å²) >= 11 is 1.49. The Labute approximate surface area is 245 Å². The highest BCUT2D eigenvalue weighted by Gasteiger charge is 2.60. The van der Waals surface area contributed by atoms with Crippen molar-refractivity contribution in [2.45, 2.75) is 70.4 Å². The van der Waals surface area contributed by atoms with E-state index in [2.05, 4.69) is 30.7 Å². The van der Waals surface area contributed by atoms with Gasteiger partial charge in [-0.3, -0.25) is 14.8 Å². The molecule has 0 aliphatic carbocycles. The van der Waals surface area contributed by atoms with Gasteiger partial charge in [0.1, 0.15) is 10.5 Å². The van der Waals surface area contributed by atoms with E-state index in [0.717, 1.165) is 16.1 Å². The van der Waals surface area contributed by atoms with Crippen LogP contribution in [-0.2, 0) is 10.2 Å². The molecule has 2 aromatic heterocycles. The van der Waals surface area contributed by atoms with Crippen LogP contribution in [0.25, 0.3) is 10.6 Å². The molecule has 8 heteroatoms. The van der Waals surface area contributed by atoms with Gasteiger partial charge in [0.05, 0.1) is 17.4 Å². The first-order chi connectivity index (χ1) is 19.5. The average Bonchev–Trinajstić information content (AvgIpc) is 3.57. The lowest BCUT2D eigenvalue weighted by atomic mass is 9.82. The number of hydrogen-bond acceptors (Lipinski definition) is 6.